The van der Waals surface area contributed by atoms with Crippen LogP contribution in [0.5, 0.6) is 5.75 Å². The van der Waals surface area contributed by atoms with Gasteiger partial charge in [-0.1, -0.05) is 23.9 Å². The lowest BCUT2D eigenvalue weighted by molar-refractivity contribution is -0.118. The number of amides is 1. The lowest BCUT2D eigenvalue weighted by Crippen LogP contribution is -2.37. The number of aryl methyl sites for hydroxylation is 1. The first kappa shape index (κ1) is 19.5. The molecule has 0 unspecified atom stereocenters. The summed E-state index contributed by atoms with van der Waals surface area (Å²) in [5.41, 5.74) is 1.15. The Labute approximate surface area is 163 Å². The lowest BCUT2D eigenvalue weighted by atomic mass is 10.2. The van der Waals surface area contributed by atoms with E-state index in [1.54, 1.807) is 0 Å². The van der Waals surface area contributed by atoms with Crippen LogP contribution in [-0.2, 0) is 16.6 Å². The number of ether oxygens (including phenoxy) is 2. The van der Waals surface area contributed by atoms with Gasteiger partial charge in [-0.05, 0) is 24.6 Å². The molecule has 2 aromatic rings. The summed E-state index contributed by atoms with van der Waals surface area (Å²) in [5, 5.41) is 12.0. The third-order valence-electron chi connectivity index (χ3n) is 4.12. The van der Waals surface area contributed by atoms with E-state index in [-0.39, 0.29) is 5.91 Å². The molecule has 0 atom stereocenters. The number of hydrogen-bond acceptors (Lipinski definition) is 7. The first-order valence-electron chi connectivity index (χ1n) is 8.94. The largest absolute Gasteiger partial charge is 0.492 e. The van der Waals surface area contributed by atoms with E-state index in [1.165, 1.54) is 11.8 Å². The number of rotatable bonds is 8. The molecular weight excluding hydrogens is 366 g/mol. The minimum absolute atomic E-state index is 0.0521. The predicted molar refractivity (Wildman–Crippen MR) is 104 cm³/mol. The van der Waals surface area contributed by atoms with Crippen LogP contribution in [0.1, 0.15) is 5.56 Å². The molecule has 0 radical (unpaired) electrons. The molecule has 9 heteroatoms. The molecule has 146 valence electrons. The predicted octanol–water partition coefficient (Wildman–Crippen LogP) is 1.25. The second-order valence-electron chi connectivity index (χ2n) is 6.24. The average molecular weight is 391 g/mol. The van der Waals surface area contributed by atoms with Gasteiger partial charge >= 0.3 is 0 Å². The number of carbonyl (C=O) groups is 1. The number of aromatic nitrogens is 3. The van der Waals surface area contributed by atoms with Gasteiger partial charge in [0.05, 0.1) is 25.5 Å². The van der Waals surface area contributed by atoms with Crippen molar-refractivity contribution in [1.29, 1.82) is 0 Å². The number of morpholine rings is 1. The van der Waals surface area contributed by atoms with Crippen molar-refractivity contribution < 1.29 is 14.3 Å². The number of benzene rings is 1. The molecule has 0 saturated carbocycles. The molecule has 1 amide bonds. The molecular formula is C18H25N5O3S. The first-order valence-corrected chi connectivity index (χ1v) is 9.93. The van der Waals surface area contributed by atoms with Gasteiger partial charge < -0.3 is 19.7 Å². The zero-order valence-electron chi connectivity index (χ0n) is 15.7. The molecule has 0 spiro atoms. The van der Waals surface area contributed by atoms with Gasteiger partial charge in [-0.25, -0.2) is 0 Å². The fourth-order valence-corrected chi connectivity index (χ4v) is 3.45. The molecule has 1 N–H and O–H groups in total. The van der Waals surface area contributed by atoms with Crippen LogP contribution in [0.25, 0.3) is 0 Å². The van der Waals surface area contributed by atoms with E-state index in [0.29, 0.717) is 32.1 Å². The fourth-order valence-electron chi connectivity index (χ4n) is 2.72. The SMILES string of the molecule is Cc1cccc(OCCNC(=O)CSc2nnc(N3CCOCC3)n2C)c1. The van der Waals surface area contributed by atoms with E-state index in [4.69, 9.17) is 9.47 Å². The van der Waals surface area contributed by atoms with Gasteiger partial charge in [0.25, 0.3) is 0 Å². The number of anilines is 1. The lowest BCUT2D eigenvalue weighted by Gasteiger charge is -2.27. The van der Waals surface area contributed by atoms with Gasteiger partial charge in [-0.2, -0.15) is 0 Å². The monoisotopic (exact) mass is 391 g/mol. The number of nitrogens with zero attached hydrogens (tertiary/aromatic N) is 4. The summed E-state index contributed by atoms with van der Waals surface area (Å²) in [6.45, 7) is 5.92. The molecule has 1 aromatic heterocycles. The van der Waals surface area contributed by atoms with Crippen molar-refractivity contribution in [2.24, 2.45) is 7.05 Å². The normalized spacial score (nSPS) is 14.2. The van der Waals surface area contributed by atoms with Crippen LogP contribution in [0.15, 0.2) is 29.4 Å². The van der Waals surface area contributed by atoms with Crippen LogP contribution >= 0.6 is 11.8 Å². The van der Waals surface area contributed by atoms with E-state index in [9.17, 15) is 4.79 Å². The van der Waals surface area contributed by atoms with E-state index in [1.807, 2.05) is 42.8 Å². The molecule has 1 aromatic carbocycles. The highest BCUT2D eigenvalue weighted by Gasteiger charge is 2.19. The summed E-state index contributed by atoms with van der Waals surface area (Å²) in [4.78, 5) is 14.2. The Hall–Kier alpha value is -2.26. The topological polar surface area (TPSA) is 81.5 Å². The smallest absolute Gasteiger partial charge is 0.230 e. The molecule has 1 aliphatic rings. The van der Waals surface area contributed by atoms with Crippen molar-refractivity contribution in [3.05, 3.63) is 29.8 Å². The third kappa shape index (κ3) is 5.61. The number of thioether (sulfide) groups is 1. The Morgan fingerprint density at radius 1 is 1.33 bits per heavy atom. The van der Waals surface area contributed by atoms with Crippen molar-refractivity contribution in [2.45, 2.75) is 12.1 Å². The summed E-state index contributed by atoms with van der Waals surface area (Å²) in [6.07, 6.45) is 0. The van der Waals surface area contributed by atoms with Gasteiger partial charge in [0.2, 0.25) is 11.9 Å². The van der Waals surface area contributed by atoms with E-state index < -0.39 is 0 Å². The third-order valence-corrected chi connectivity index (χ3v) is 5.14. The second kappa shape index (κ2) is 9.61. The second-order valence-corrected chi connectivity index (χ2v) is 7.19. The molecule has 3 rings (SSSR count). The minimum Gasteiger partial charge on any atom is -0.492 e. The molecule has 2 heterocycles. The highest BCUT2D eigenvalue weighted by atomic mass is 32.2. The van der Waals surface area contributed by atoms with Crippen molar-refractivity contribution in [3.8, 4) is 5.75 Å². The molecule has 8 nitrogen and oxygen atoms in total. The Morgan fingerprint density at radius 3 is 2.93 bits per heavy atom. The van der Waals surface area contributed by atoms with Gasteiger partial charge in [0.15, 0.2) is 5.16 Å². The fraction of sp³-hybridized carbons (Fsp3) is 0.500. The Morgan fingerprint density at radius 2 is 2.15 bits per heavy atom. The Balaban J connectivity index is 1.38. The summed E-state index contributed by atoms with van der Waals surface area (Å²) >= 11 is 1.37. The van der Waals surface area contributed by atoms with E-state index in [0.717, 1.165) is 35.5 Å². The van der Waals surface area contributed by atoms with Crippen LogP contribution in [0, 0.1) is 6.92 Å². The highest BCUT2D eigenvalue weighted by Crippen LogP contribution is 2.20. The van der Waals surface area contributed by atoms with Gasteiger partial charge in [-0.15, -0.1) is 10.2 Å². The Bertz CT molecular complexity index is 761. The van der Waals surface area contributed by atoms with Gasteiger partial charge in [0, 0.05) is 20.1 Å². The van der Waals surface area contributed by atoms with Gasteiger partial charge in [0.1, 0.15) is 12.4 Å². The summed E-state index contributed by atoms with van der Waals surface area (Å²) in [7, 11) is 1.92. The van der Waals surface area contributed by atoms with Crippen LogP contribution in [0.3, 0.4) is 0 Å². The quantitative estimate of drug-likeness (QED) is 0.536. The molecule has 0 aliphatic carbocycles. The maximum Gasteiger partial charge on any atom is 0.230 e. The molecule has 1 saturated heterocycles. The summed E-state index contributed by atoms with van der Waals surface area (Å²) < 4.78 is 12.9. The first-order chi connectivity index (χ1) is 13.1. The van der Waals surface area contributed by atoms with E-state index in [2.05, 4.69) is 20.4 Å². The summed E-state index contributed by atoms with van der Waals surface area (Å²) in [5.74, 6) is 1.87. The summed E-state index contributed by atoms with van der Waals surface area (Å²) in [6, 6.07) is 7.84. The number of hydrogen-bond donors (Lipinski definition) is 1. The molecule has 1 fully saturated rings. The molecule has 1 aliphatic heterocycles. The molecule has 27 heavy (non-hydrogen) atoms. The zero-order valence-corrected chi connectivity index (χ0v) is 16.5. The van der Waals surface area contributed by atoms with Crippen molar-refractivity contribution in [1.82, 2.24) is 20.1 Å². The average Bonchev–Trinajstić information content (AvgIpc) is 3.05. The minimum atomic E-state index is -0.0521. The van der Waals surface area contributed by atoms with Crippen molar-refractivity contribution in [3.63, 3.8) is 0 Å². The van der Waals surface area contributed by atoms with Crippen LogP contribution < -0.4 is 15.0 Å². The van der Waals surface area contributed by atoms with E-state index >= 15 is 0 Å². The van der Waals surface area contributed by atoms with Crippen LogP contribution in [0.2, 0.25) is 0 Å². The molecule has 0 bridgehead atoms. The maximum absolute atomic E-state index is 12.0. The van der Waals surface area contributed by atoms with Crippen molar-refractivity contribution >= 4 is 23.6 Å². The standard InChI is InChI=1S/C18H25N5O3S/c1-14-4-3-5-15(12-14)26-9-6-19-16(24)13-27-18-21-20-17(22(18)2)23-7-10-25-11-8-23/h3-5,12H,6-11,13H2,1-2H3,(H,19,24). The number of nitrogens with one attached hydrogen (secondary N) is 1. The van der Waals surface area contributed by atoms with Crippen molar-refractivity contribution in [2.75, 3.05) is 50.1 Å². The van der Waals surface area contributed by atoms with Gasteiger partial charge in [-0.3, -0.25) is 9.36 Å². The maximum atomic E-state index is 12.0. The van der Waals surface area contributed by atoms with Crippen LogP contribution in [0.4, 0.5) is 5.95 Å². The zero-order chi connectivity index (χ0) is 19.1. The number of carbonyl (C=O) groups excluding carboxylic acids is 1. The highest BCUT2D eigenvalue weighted by molar-refractivity contribution is 7.99. The van der Waals surface area contributed by atoms with Crippen LogP contribution in [-0.4, -0.2) is 65.9 Å². The Kier molecular flexibility index (Phi) is 6.94.